The molecule has 0 bridgehead atoms. The molecule has 0 N–H and O–H groups in total. The Morgan fingerprint density at radius 2 is 1.79 bits per heavy atom. The summed E-state index contributed by atoms with van der Waals surface area (Å²) in [5.41, 5.74) is 3.72. The second kappa shape index (κ2) is 8.75. The van der Waals surface area contributed by atoms with E-state index < -0.39 is 0 Å². The Morgan fingerprint density at radius 1 is 1.11 bits per heavy atom. The molecule has 0 aliphatic carbocycles. The van der Waals surface area contributed by atoms with Crippen LogP contribution in [0.15, 0.2) is 29.6 Å². The number of hydrogen-bond acceptors (Lipinski definition) is 4. The van der Waals surface area contributed by atoms with E-state index in [0.717, 1.165) is 56.3 Å². The molecule has 0 radical (unpaired) electrons. The number of thiazole rings is 1. The normalized spacial score (nSPS) is 18.9. The Bertz CT molecular complexity index is 784. The number of benzene rings is 1. The van der Waals surface area contributed by atoms with Gasteiger partial charge in [0.15, 0.2) is 0 Å². The average molecular weight is 398 g/mol. The summed E-state index contributed by atoms with van der Waals surface area (Å²) in [6.07, 6.45) is 4.33. The third kappa shape index (κ3) is 4.47. The van der Waals surface area contributed by atoms with E-state index in [-0.39, 0.29) is 5.92 Å². The van der Waals surface area contributed by atoms with E-state index in [1.165, 1.54) is 24.0 Å². The number of likely N-dealkylation sites (tertiary alicyclic amines) is 2. The molecular weight excluding hydrogens is 366 g/mol. The predicted octanol–water partition coefficient (Wildman–Crippen LogP) is 4.77. The van der Waals surface area contributed by atoms with Crippen LogP contribution in [0, 0.1) is 5.92 Å². The van der Waals surface area contributed by atoms with Crippen molar-refractivity contribution in [3.8, 4) is 10.6 Å². The van der Waals surface area contributed by atoms with Gasteiger partial charge < -0.3 is 4.90 Å². The highest BCUT2D eigenvalue weighted by molar-refractivity contribution is 7.13. The maximum absolute atomic E-state index is 12.6. The summed E-state index contributed by atoms with van der Waals surface area (Å²) in [6.45, 7) is 9.28. The van der Waals surface area contributed by atoms with Crippen LogP contribution in [0.25, 0.3) is 10.6 Å². The lowest BCUT2D eigenvalue weighted by molar-refractivity contribution is -0.136. The van der Waals surface area contributed by atoms with Crippen LogP contribution < -0.4 is 0 Å². The lowest BCUT2D eigenvalue weighted by Crippen LogP contribution is -2.41. The molecule has 4 nitrogen and oxygen atoms in total. The molecule has 0 unspecified atom stereocenters. The van der Waals surface area contributed by atoms with Gasteiger partial charge in [-0.3, -0.25) is 9.69 Å². The van der Waals surface area contributed by atoms with E-state index in [4.69, 9.17) is 4.98 Å². The van der Waals surface area contributed by atoms with Gasteiger partial charge in [-0.1, -0.05) is 38.1 Å². The van der Waals surface area contributed by atoms with Gasteiger partial charge in [-0.05, 0) is 50.3 Å². The first-order chi connectivity index (χ1) is 13.6. The average Bonchev–Trinajstić information content (AvgIpc) is 3.40. The fraction of sp³-hybridized carbons (Fsp3) is 0.565. The second-order valence-corrected chi connectivity index (χ2v) is 9.36. The smallest absolute Gasteiger partial charge is 0.225 e. The molecule has 2 saturated heterocycles. The maximum atomic E-state index is 12.6. The molecule has 1 amide bonds. The first kappa shape index (κ1) is 19.6. The zero-order valence-electron chi connectivity index (χ0n) is 17.1. The van der Waals surface area contributed by atoms with Crippen molar-refractivity contribution < 1.29 is 4.79 Å². The van der Waals surface area contributed by atoms with Gasteiger partial charge in [0.25, 0.3) is 0 Å². The van der Waals surface area contributed by atoms with Gasteiger partial charge in [0.1, 0.15) is 5.01 Å². The fourth-order valence-electron chi connectivity index (χ4n) is 4.29. The van der Waals surface area contributed by atoms with Crippen LogP contribution in [0.2, 0.25) is 0 Å². The standard InChI is InChI=1S/C23H31N3OS/c1-17(2)18-5-7-19(8-6-18)22-24-21(16-28-22)15-25-13-9-20(10-14-25)23(27)26-11-3-4-12-26/h5-8,16-17,20H,3-4,9-15H2,1-2H3. The van der Waals surface area contributed by atoms with E-state index in [0.29, 0.717) is 11.8 Å². The molecule has 2 aromatic rings. The van der Waals surface area contributed by atoms with Crippen molar-refractivity contribution in [2.45, 2.75) is 52.0 Å². The Balaban J connectivity index is 1.30. The Kier molecular flexibility index (Phi) is 6.12. The Hall–Kier alpha value is -1.72. The van der Waals surface area contributed by atoms with Crippen molar-refractivity contribution in [1.29, 1.82) is 0 Å². The third-order valence-corrected chi connectivity index (χ3v) is 7.06. The molecule has 0 saturated carbocycles. The largest absolute Gasteiger partial charge is 0.342 e. The lowest BCUT2D eigenvalue weighted by atomic mass is 9.95. The molecule has 2 aliphatic heterocycles. The molecule has 0 spiro atoms. The number of carbonyl (C=O) groups is 1. The molecule has 5 heteroatoms. The quantitative estimate of drug-likeness (QED) is 0.729. The van der Waals surface area contributed by atoms with E-state index in [9.17, 15) is 4.79 Å². The lowest BCUT2D eigenvalue weighted by Gasteiger charge is -2.32. The van der Waals surface area contributed by atoms with E-state index in [2.05, 4.69) is 53.3 Å². The molecule has 1 aromatic carbocycles. The molecule has 3 heterocycles. The number of piperidine rings is 1. The number of aromatic nitrogens is 1. The van der Waals surface area contributed by atoms with Crippen LogP contribution in [-0.2, 0) is 11.3 Å². The highest BCUT2D eigenvalue weighted by atomic mass is 32.1. The van der Waals surface area contributed by atoms with E-state index >= 15 is 0 Å². The van der Waals surface area contributed by atoms with E-state index in [1.807, 2.05) is 0 Å². The number of carbonyl (C=O) groups excluding carboxylic acids is 1. The van der Waals surface area contributed by atoms with Crippen molar-refractivity contribution in [2.24, 2.45) is 5.92 Å². The van der Waals surface area contributed by atoms with Gasteiger partial charge >= 0.3 is 0 Å². The summed E-state index contributed by atoms with van der Waals surface area (Å²) in [4.78, 5) is 22.0. The monoisotopic (exact) mass is 397 g/mol. The predicted molar refractivity (Wildman–Crippen MR) is 115 cm³/mol. The number of nitrogens with zero attached hydrogens (tertiary/aromatic N) is 3. The second-order valence-electron chi connectivity index (χ2n) is 8.50. The van der Waals surface area contributed by atoms with Gasteiger partial charge in [0, 0.05) is 36.5 Å². The van der Waals surface area contributed by atoms with Crippen molar-refractivity contribution in [2.75, 3.05) is 26.2 Å². The van der Waals surface area contributed by atoms with Crippen LogP contribution in [-0.4, -0.2) is 46.9 Å². The number of amides is 1. The number of rotatable bonds is 5. The summed E-state index contributed by atoms with van der Waals surface area (Å²) in [5, 5.41) is 3.29. The van der Waals surface area contributed by atoms with Crippen LogP contribution in [0.3, 0.4) is 0 Å². The maximum Gasteiger partial charge on any atom is 0.225 e. The number of hydrogen-bond donors (Lipinski definition) is 0. The van der Waals surface area contributed by atoms with Crippen molar-refractivity contribution >= 4 is 17.2 Å². The van der Waals surface area contributed by atoms with Crippen molar-refractivity contribution in [3.63, 3.8) is 0 Å². The van der Waals surface area contributed by atoms with E-state index in [1.54, 1.807) is 11.3 Å². The van der Waals surface area contributed by atoms with Crippen molar-refractivity contribution in [3.05, 3.63) is 40.9 Å². The zero-order chi connectivity index (χ0) is 19.5. The van der Waals surface area contributed by atoms with Crippen LogP contribution >= 0.6 is 11.3 Å². The molecule has 2 aliphatic rings. The summed E-state index contributed by atoms with van der Waals surface area (Å²) in [6, 6.07) is 8.80. The topological polar surface area (TPSA) is 36.4 Å². The molecular formula is C23H31N3OS. The van der Waals surface area contributed by atoms with Crippen LogP contribution in [0.5, 0.6) is 0 Å². The summed E-state index contributed by atoms with van der Waals surface area (Å²) < 4.78 is 0. The first-order valence-corrected chi connectivity index (χ1v) is 11.5. The van der Waals surface area contributed by atoms with Gasteiger partial charge in [0.2, 0.25) is 5.91 Å². The highest BCUT2D eigenvalue weighted by Crippen LogP contribution is 2.27. The molecule has 4 rings (SSSR count). The van der Waals surface area contributed by atoms with Gasteiger partial charge in [-0.2, -0.15) is 0 Å². The minimum absolute atomic E-state index is 0.236. The summed E-state index contributed by atoms with van der Waals surface area (Å²) >= 11 is 1.73. The Morgan fingerprint density at radius 3 is 2.43 bits per heavy atom. The molecule has 0 atom stereocenters. The van der Waals surface area contributed by atoms with Crippen molar-refractivity contribution in [1.82, 2.24) is 14.8 Å². The Labute approximate surface area is 172 Å². The van der Waals surface area contributed by atoms with Gasteiger partial charge in [-0.15, -0.1) is 11.3 Å². The summed E-state index contributed by atoms with van der Waals surface area (Å²) in [7, 11) is 0. The molecule has 2 fully saturated rings. The van der Waals surface area contributed by atoms with Crippen LogP contribution in [0.1, 0.15) is 56.7 Å². The zero-order valence-corrected chi connectivity index (χ0v) is 17.9. The summed E-state index contributed by atoms with van der Waals surface area (Å²) in [5.74, 6) is 1.19. The van der Waals surface area contributed by atoms with Gasteiger partial charge in [-0.25, -0.2) is 4.98 Å². The SMILES string of the molecule is CC(C)c1ccc(-c2nc(CN3CCC(C(=O)N4CCCC4)CC3)cs2)cc1. The van der Waals surface area contributed by atoms with Gasteiger partial charge in [0.05, 0.1) is 5.69 Å². The molecule has 28 heavy (non-hydrogen) atoms. The van der Waals surface area contributed by atoms with Crippen LogP contribution in [0.4, 0.5) is 0 Å². The minimum atomic E-state index is 0.236. The molecule has 1 aromatic heterocycles. The fourth-order valence-corrected chi connectivity index (χ4v) is 5.10. The third-order valence-electron chi connectivity index (χ3n) is 6.12. The highest BCUT2D eigenvalue weighted by Gasteiger charge is 2.29. The molecule has 150 valence electrons. The first-order valence-electron chi connectivity index (χ1n) is 10.7. The minimum Gasteiger partial charge on any atom is -0.342 e.